The van der Waals surface area contributed by atoms with Crippen molar-refractivity contribution in [3.05, 3.63) is 65.4 Å². The summed E-state index contributed by atoms with van der Waals surface area (Å²) in [6.45, 7) is 2.79. The van der Waals surface area contributed by atoms with Gasteiger partial charge in [0.15, 0.2) is 0 Å². The summed E-state index contributed by atoms with van der Waals surface area (Å²) >= 11 is 0. The fourth-order valence-electron chi connectivity index (χ4n) is 2.86. The summed E-state index contributed by atoms with van der Waals surface area (Å²) < 4.78 is 5.94. The topological polar surface area (TPSA) is 71.5 Å². The summed E-state index contributed by atoms with van der Waals surface area (Å²) in [5, 5.41) is 4.53. The molecule has 3 rings (SSSR count). The predicted octanol–water partition coefficient (Wildman–Crippen LogP) is 3.77. The van der Waals surface area contributed by atoms with Crippen molar-refractivity contribution in [2.24, 2.45) is 5.73 Å². The molecular weight excluding hydrogens is 314 g/mol. The second-order valence-corrected chi connectivity index (χ2v) is 6.53. The Morgan fingerprint density at radius 1 is 1.20 bits per heavy atom. The van der Waals surface area contributed by atoms with Crippen molar-refractivity contribution in [2.45, 2.75) is 19.5 Å². The minimum atomic E-state index is -0.434. The fraction of sp³-hybridized carbons (Fsp3) is 0.250. The molecule has 0 aliphatic heterocycles. The fourth-order valence-corrected chi connectivity index (χ4v) is 2.86. The van der Waals surface area contributed by atoms with Gasteiger partial charge in [-0.1, -0.05) is 24.3 Å². The second kappa shape index (κ2) is 6.99. The normalized spacial score (nSPS) is 12.5. The van der Waals surface area contributed by atoms with E-state index >= 15 is 0 Å². The van der Waals surface area contributed by atoms with Crippen LogP contribution in [0.25, 0.3) is 11.0 Å². The Hall–Kier alpha value is -2.79. The van der Waals surface area contributed by atoms with E-state index in [9.17, 15) is 4.79 Å². The van der Waals surface area contributed by atoms with Crippen LogP contribution < -0.4 is 11.1 Å². The highest BCUT2D eigenvalue weighted by Gasteiger charge is 2.15. The number of nitrogens with zero attached hydrogens (tertiary/aromatic N) is 1. The van der Waals surface area contributed by atoms with E-state index in [1.54, 1.807) is 12.1 Å². The molecule has 0 aliphatic rings. The number of nitrogens with one attached hydrogen (secondary N) is 1. The van der Waals surface area contributed by atoms with E-state index in [0.717, 1.165) is 34.5 Å². The van der Waals surface area contributed by atoms with Gasteiger partial charge in [0.05, 0.1) is 6.04 Å². The molecule has 5 nitrogen and oxygen atoms in total. The molecule has 5 heteroatoms. The monoisotopic (exact) mass is 337 g/mol. The summed E-state index contributed by atoms with van der Waals surface area (Å²) in [4.78, 5) is 13.6. The van der Waals surface area contributed by atoms with E-state index in [1.165, 1.54) is 0 Å². The van der Waals surface area contributed by atoms with E-state index < -0.39 is 5.91 Å². The van der Waals surface area contributed by atoms with Crippen molar-refractivity contribution in [2.75, 3.05) is 19.4 Å². The third kappa shape index (κ3) is 3.83. The molecule has 2 aromatic carbocycles. The Kier molecular flexibility index (Phi) is 4.76. The van der Waals surface area contributed by atoms with Gasteiger partial charge >= 0.3 is 0 Å². The summed E-state index contributed by atoms with van der Waals surface area (Å²) in [5.74, 6) is 0.414. The van der Waals surface area contributed by atoms with Gasteiger partial charge in [-0.15, -0.1) is 0 Å². The van der Waals surface area contributed by atoms with Crippen LogP contribution in [0.4, 0.5) is 5.69 Å². The van der Waals surface area contributed by atoms with E-state index in [1.807, 2.05) is 57.4 Å². The second-order valence-electron chi connectivity index (χ2n) is 6.53. The van der Waals surface area contributed by atoms with Crippen LogP contribution >= 0.6 is 0 Å². The Morgan fingerprint density at radius 3 is 2.64 bits per heavy atom. The number of fused-ring (bicyclic) bond motifs is 1. The number of furan rings is 1. The lowest BCUT2D eigenvalue weighted by Gasteiger charge is -2.19. The zero-order valence-corrected chi connectivity index (χ0v) is 14.7. The number of anilines is 1. The van der Waals surface area contributed by atoms with Crippen molar-refractivity contribution in [3.8, 4) is 0 Å². The van der Waals surface area contributed by atoms with E-state index in [4.69, 9.17) is 10.2 Å². The lowest BCUT2D eigenvalue weighted by Crippen LogP contribution is -2.16. The molecule has 1 heterocycles. The minimum Gasteiger partial charge on any atom is -0.459 e. The number of hydrogen-bond acceptors (Lipinski definition) is 4. The van der Waals surface area contributed by atoms with E-state index in [-0.39, 0.29) is 6.04 Å². The first-order valence-corrected chi connectivity index (χ1v) is 8.26. The molecule has 3 N–H and O–H groups in total. The van der Waals surface area contributed by atoms with Gasteiger partial charge in [-0.05, 0) is 50.8 Å². The Morgan fingerprint density at radius 2 is 1.96 bits per heavy atom. The van der Waals surface area contributed by atoms with Gasteiger partial charge in [-0.2, -0.15) is 0 Å². The average molecular weight is 337 g/mol. The molecule has 1 amide bonds. The number of primary amides is 1. The van der Waals surface area contributed by atoms with Gasteiger partial charge in [-0.25, -0.2) is 0 Å². The van der Waals surface area contributed by atoms with Gasteiger partial charge in [0.1, 0.15) is 11.3 Å². The number of amides is 1. The quantitative estimate of drug-likeness (QED) is 0.718. The zero-order valence-electron chi connectivity index (χ0n) is 14.7. The molecule has 3 aromatic rings. The molecule has 1 aromatic heterocycles. The third-order valence-electron chi connectivity index (χ3n) is 4.12. The van der Waals surface area contributed by atoms with Crippen molar-refractivity contribution < 1.29 is 9.21 Å². The lowest BCUT2D eigenvalue weighted by atomic mass is 10.1. The van der Waals surface area contributed by atoms with E-state index in [0.29, 0.717) is 5.56 Å². The SMILES string of the molecule is C[C@H](Nc1cc(C(N)=O)ccc1CN(C)C)c1cc2ccccc2o1. The van der Waals surface area contributed by atoms with Crippen molar-refractivity contribution in [3.63, 3.8) is 0 Å². The van der Waals surface area contributed by atoms with Crippen LogP contribution in [0.2, 0.25) is 0 Å². The Bertz CT molecular complexity index is 866. The van der Waals surface area contributed by atoms with Crippen LogP contribution in [0.3, 0.4) is 0 Å². The highest BCUT2D eigenvalue weighted by Crippen LogP contribution is 2.28. The van der Waals surface area contributed by atoms with Crippen molar-refractivity contribution >= 4 is 22.6 Å². The number of hydrogen-bond donors (Lipinski definition) is 2. The van der Waals surface area contributed by atoms with Gasteiger partial charge < -0.3 is 20.4 Å². The summed E-state index contributed by atoms with van der Waals surface area (Å²) in [7, 11) is 4.02. The molecule has 0 saturated heterocycles. The maximum absolute atomic E-state index is 11.5. The molecule has 1 atom stereocenters. The summed E-state index contributed by atoms with van der Waals surface area (Å²) in [6.07, 6.45) is 0. The van der Waals surface area contributed by atoms with Gasteiger partial charge in [-0.3, -0.25) is 4.79 Å². The van der Waals surface area contributed by atoms with Crippen molar-refractivity contribution in [1.29, 1.82) is 0 Å². The molecule has 0 bridgehead atoms. The molecular formula is C20H23N3O2. The molecule has 130 valence electrons. The molecule has 0 radical (unpaired) electrons. The number of carbonyl (C=O) groups is 1. The number of nitrogens with two attached hydrogens (primary N) is 1. The number of para-hydroxylation sites is 1. The molecule has 0 saturated carbocycles. The third-order valence-corrected chi connectivity index (χ3v) is 4.12. The Labute approximate surface area is 147 Å². The van der Waals surface area contributed by atoms with Crippen LogP contribution in [-0.4, -0.2) is 24.9 Å². The Balaban J connectivity index is 1.91. The van der Waals surface area contributed by atoms with Crippen LogP contribution in [-0.2, 0) is 6.54 Å². The summed E-state index contributed by atoms with van der Waals surface area (Å²) in [5.41, 5.74) is 8.77. The summed E-state index contributed by atoms with van der Waals surface area (Å²) in [6, 6.07) is 15.4. The maximum Gasteiger partial charge on any atom is 0.248 e. The minimum absolute atomic E-state index is 0.0450. The molecule has 0 unspecified atom stereocenters. The largest absolute Gasteiger partial charge is 0.459 e. The average Bonchev–Trinajstić information content (AvgIpc) is 3.00. The highest BCUT2D eigenvalue weighted by molar-refractivity contribution is 5.94. The first-order chi connectivity index (χ1) is 11.9. The zero-order chi connectivity index (χ0) is 18.0. The molecule has 0 aliphatic carbocycles. The number of carbonyl (C=O) groups excluding carboxylic acids is 1. The number of benzene rings is 2. The lowest BCUT2D eigenvalue weighted by molar-refractivity contribution is 0.100. The smallest absolute Gasteiger partial charge is 0.248 e. The molecule has 25 heavy (non-hydrogen) atoms. The first-order valence-electron chi connectivity index (χ1n) is 8.26. The standard InChI is InChI=1S/C20H23N3O2/c1-13(19-11-14-6-4-5-7-18(14)25-19)22-17-10-15(20(21)24)8-9-16(17)12-23(2)3/h4-11,13,22H,12H2,1-3H3,(H2,21,24)/t13-/m0/s1. The highest BCUT2D eigenvalue weighted by atomic mass is 16.3. The van der Waals surface area contributed by atoms with Crippen LogP contribution in [0.15, 0.2) is 52.9 Å². The van der Waals surface area contributed by atoms with Gasteiger partial charge in [0, 0.05) is 23.2 Å². The van der Waals surface area contributed by atoms with E-state index in [2.05, 4.69) is 10.2 Å². The number of rotatable bonds is 6. The van der Waals surface area contributed by atoms with Crippen molar-refractivity contribution in [1.82, 2.24) is 4.90 Å². The molecule has 0 fully saturated rings. The van der Waals surface area contributed by atoms with Crippen LogP contribution in [0, 0.1) is 0 Å². The van der Waals surface area contributed by atoms with Crippen LogP contribution in [0.5, 0.6) is 0 Å². The van der Waals surface area contributed by atoms with Crippen LogP contribution in [0.1, 0.15) is 34.6 Å². The molecule has 0 spiro atoms. The van der Waals surface area contributed by atoms with Gasteiger partial charge in [0.25, 0.3) is 0 Å². The van der Waals surface area contributed by atoms with Gasteiger partial charge in [0.2, 0.25) is 5.91 Å². The maximum atomic E-state index is 11.5. The predicted molar refractivity (Wildman–Crippen MR) is 101 cm³/mol. The first kappa shape index (κ1) is 17.0.